The Bertz CT molecular complexity index is 207. The number of nitrogens with one attached hydrogen (secondary N) is 1. The molecule has 0 fully saturated rings. The second kappa shape index (κ2) is 26.2. The first-order valence-electron chi connectivity index (χ1n) is 4.52. The van der Waals surface area contributed by atoms with Crippen molar-refractivity contribution in [2.75, 3.05) is 13.1 Å². The van der Waals surface area contributed by atoms with Crippen molar-refractivity contribution >= 4 is 11.9 Å². The van der Waals surface area contributed by atoms with Crippen LogP contribution in [0.3, 0.4) is 0 Å². The molecule has 0 aliphatic carbocycles. The van der Waals surface area contributed by atoms with Crippen molar-refractivity contribution in [1.82, 2.24) is 11.5 Å². The summed E-state index contributed by atoms with van der Waals surface area (Å²) in [5.74, 6) is -1.78. The highest BCUT2D eigenvalue weighted by Crippen LogP contribution is 1.99. The number of carboxylic acid groups (broad SMARTS) is 1. The molecule has 12 nitrogen and oxygen atoms in total. The highest BCUT2D eigenvalue weighted by Gasteiger charge is 2.11. The SMILES string of the molecule is NCCCC[C@H](NC(=O)CN)C(=O)[O-].O.O.O.O.O.[NH4+]. The van der Waals surface area contributed by atoms with E-state index in [0.29, 0.717) is 19.4 Å². The lowest BCUT2D eigenvalue weighted by atomic mass is 10.1. The number of hydrogen-bond acceptors (Lipinski definition) is 5. The average Bonchev–Trinajstić information content (AvgIpc) is 2.16. The molecule has 0 spiro atoms. The van der Waals surface area contributed by atoms with Crippen LogP contribution >= 0.6 is 0 Å². The molecule has 0 aliphatic heterocycles. The molecule has 0 aromatic rings. The number of amides is 1. The zero-order chi connectivity index (χ0) is 11.0. The molecule has 0 saturated carbocycles. The number of aliphatic carboxylic acids is 1. The van der Waals surface area contributed by atoms with Crippen molar-refractivity contribution in [3.8, 4) is 0 Å². The zero-order valence-corrected chi connectivity index (χ0v) is 11.5. The summed E-state index contributed by atoms with van der Waals surface area (Å²) in [7, 11) is 0. The van der Waals surface area contributed by atoms with E-state index in [1.807, 2.05) is 0 Å². The summed E-state index contributed by atoms with van der Waals surface area (Å²) in [6.45, 7) is 0.283. The second-order valence-corrected chi connectivity index (χ2v) is 2.93. The Morgan fingerprint density at radius 3 is 1.75 bits per heavy atom. The van der Waals surface area contributed by atoms with E-state index in [1.54, 1.807) is 0 Å². The van der Waals surface area contributed by atoms with Gasteiger partial charge in [-0.1, -0.05) is 0 Å². The van der Waals surface area contributed by atoms with Gasteiger partial charge in [0.25, 0.3) is 0 Å². The molecule has 1 atom stereocenters. The van der Waals surface area contributed by atoms with Crippen molar-refractivity contribution in [3.05, 3.63) is 0 Å². The van der Waals surface area contributed by atoms with Gasteiger partial charge in [-0.3, -0.25) is 4.79 Å². The molecular formula is C8H30N4O8. The predicted octanol–water partition coefficient (Wildman–Crippen LogP) is -6.44. The highest BCUT2D eigenvalue weighted by molar-refractivity contribution is 5.83. The Labute approximate surface area is 116 Å². The fourth-order valence-corrected chi connectivity index (χ4v) is 0.995. The molecule has 0 radical (unpaired) electrons. The van der Waals surface area contributed by atoms with E-state index < -0.39 is 17.9 Å². The molecule has 0 bridgehead atoms. The van der Waals surface area contributed by atoms with Crippen molar-refractivity contribution in [2.45, 2.75) is 25.3 Å². The van der Waals surface area contributed by atoms with Gasteiger partial charge in [0.2, 0.25) is 5.91 Å². The van der Waals surface area contributed by atoms with E-state index in [0.717, 1.165) is 6.42 Å². The van der Waals surface area contributed by atoms with Gasteiger partial charge in [0.1, 0.15) is 0 Å². The van der Waals surface area contributed by atoms with Gasteiger partial charge in [-0.2, -0.15) is 0 Å². The second-order valence-electron chi connectivity index (χ2n) is 2.93. The Balaban J connectivity index is -0.0000000563. The van der Waals surface area contributed by atoms with E-state index in [2.05, 4.69) is 5.32 Å². The number of nitrogens with two attached hydrogens (primary N) is 2. The monoisotopic (exact) mass is 310 g/mol. The van der Waals surface area contributed by atoms with Crippen LogP contribution in [-0.4, -0.2) is 58.4 Å². The summed E-state index contributed by atoms with van der Waals surface area (Å²) in [6, 6.07) is -0.961. The number of quaternary nitrogens is 1. The first-order valence-corrected chi connectivity index (χ1v) is 4.52. The van der Waals surface area contributed by atoms with Crippen LogP contribution in [-0.2, 0) is 9.59 Å². The van der Waals surface area contributed by atoms with Gasteiger partial charge in [-0.25, -0.2) is 0 Å². The first-order chi connectivity index (χ1) is 6.61. The number of hydrogen-bond donors (Lipinski definition) is 4. The Kier molecular flexibility index (Phi) is 56.2. The molecule has 0 unspecified atom stereocenters. The smallest absolute Gasteiger partial charge is 0.234 e. The van der Waals surface area contributed by atoms with E-state index >= 15 is 0 Å². The van der Waals surface area contributed by atoms with Crippen LogP contribution in [0.25, 0.3) is 0 Å². The van der Waals surface area contributed by atoms with Crippen molar-refractivity contribution in [1.29, 1.82) is 0 Å². The first kappa shape index (κ1) is 42.8. The molecule has 130 valence electrons. The molecule has 1 amide bonds. The molecule has 12 heteroatoms. The van der Waals surface area contributed by atoms with Crippen LogP contribution in [0.15, 0.2) is 0 Å². The minimum Gasteiger partial charge on any atom is -0.548 e. The van der Waals surface area contributed by atoms with Crippen LogP contribution in [0.4, 0.5) is 0 Å². The van der Waals surface area contributed by atoms with Crippen LogP contribution in [0.5, 0.6) is 0 Å². The Hall–Kier alpha value is -1.38. The minimum atomic E-state index is -1.29. The van der Waals surface area contributed by atoms with E-state index in [4.69, 9.17) is 11.5 Å². The third-order valence-corrected chi connectivity index (χ3v) is 1.75. The van der Waals surface area contributed by atoms with Gasteiger partial charge in [0.15, 0.2) is 0 Å². The van der Waals surface area contributed by atoms with Gasteiger partial charge >= 0.3 is 0 Å². The summed E-state index contributed by atoms with van der Waals surface area (Å²) < 4.78 is 0. The number of carbonyl (C=O) groups is 2. The van der Waals surface area contributed by atoms with E-state index in [-0.39, 0.29) is 40.1 Å². The molecule has 0 aliphatic rings. The molecule has 0 heterocycles. The molecule has 0 aromatic heterocycles. The van der Waals surface area contributed by atoms with Crippen LogP contribution < -0.4 is 28.0 Å². The van der Waals surface area contributed by atoms with Crippen LogP contribution in [0.2, 0.25) is 0 Å². The lowest BCUT2D eigenvalue weighted by Gasteiger charge is -2.18. The molecule has 0 saturated heterocycles. The lowest BCUT2D eigenvalue weighted by molar-refractivity contribution is -0.308. The summed E-state index contributed by atoms with van der Waals surface area (Å²) in [5, 5.41) is 12.8. The Morgan fingerprint density at radius 1 is 1.00 bits per heavy atom. The topological polar surface area (TPSA) is 315 Å². The van der Waals surface area contributed by atoms with Gasteiger partial charge in [-0.05, 0) is 25.8 Å². The Morgan fingerprint density at radius 2 is 1.45 bits per heavy atom. The molecule has 19 N–H and O–H groups in total. The van der Waals surface area contributed by atoms with Crippen LogP contribution in [0, 0.1) is 0 Å². The standard InChI is InChI=1S/C8H17N3O3.H3N.5H2O/c9-4-2-1-3-6(8(13)14)11-7(12)5-10;;;;;;/h6H,1-5,9-10H2,(H,11,12)(H,13,14);1H3;5*1H2/t6-;;;;;;/m0....../s1. The molecule has 20 heavy (non-hydrogen) atoms. The molecule has 0 rings (SSSR count). The minimum absolute atomic E-state index is 0. The fourth-order valence-electron chi connectivity index (χ4n) is 0.995. The summed E-state index contributed by atoms with van der Waals surface area (Å²) in [6.07, 6.45) is 1.69. The van der Waals surface area contributed by atoms with E-state index in [9.17, 15) is 14.7 Å². The highest BCUT2D eigenvalue weighted by atomic mass is 16.4. The zero-order valence-electron chi connectivity index (χ0n) is 11.5. The molecule has 0 aromatic carbocycles. The van der Waals surface area contributed by atoms with Gasteiger partial charge in [-0.15, -0.1) is 0 Å². The third kappa shape index (κ3) is 21.9. The number of carboxylic acids is 1. The lowest BCUT2D eigenvalue weighted by Crippen LogP contribution is -2.49. The van der Waals surface area contributed by atoms with E-state index in [1.165, 1.54) is 0 Å². The summed E-state index contributed by atoms with van der Waals surface area (Å²) in [4.78, 5) is 21.4. The number of carbonyl (C=O) groups excluding carboxylic acids is 2. The normalized spacial score (nSPS) is 8.50. The summed E-state index contributed by atoms with van der Waals surface area (Å²) >= 11 is 0. The van der Waals surface area contributed by atoms with Crippen molar-refractivity contribution in [3.63, 3.8) is 0 Å². The van der Waals surface area contributed by atoms with Gasteiger partial charge in [0.05, 0.1) is 18.6 Å². The van der Waals surface area contributed by atoms with Gasteiger partial charge < -0.3 is 60.2 Å². The average molecular weight is 310 g/mol. The van der Waals surface area contributed by atoms with Crippen molar-refractivity contribution < 1.29 is 42.1 Å². The van der Waals surface area contributed by atoms with Crippen molar-refractivity contribution in [2.24, 2.45) is 11.5 Å². The third-order valence-electron chi connectivity index (χ3n) is 1.75. The molecular weight excluding hydrogens is 280 g/mol. The maximum Gasteiger partial charge on any atom is 0.234 e. The van der Waals surface area contributed by atoms with Crippen LogP contribution in [0.1, 0.15) is 19.3 Å². The largest absolute Gasteiger partial charge is 0.548 e. The number of unbranched alkanes of at least 4 members (excludes halogenated alkanes) is 1. The maximum absolute atomic E-state index is 10.8. The fraction of sp³-hybridized carbons (Fsp3) is 0.750. The number of rotatable bonds is 7. The quantitative estimate of drug-likeness (QED) is 0.332. The van der Waals surface area contributed by atoms with Gasteiger partial charge in [0, 0.05) is 0 Å². The predicted molar refractivity (Wildman–Crippen MR) is 73.0 cm³/mol. The summed E-state index contributed by atoms with van der Waals surface area (Å²) in [5.41, 5.74) is 10.3. The maximum atomic E-state index is 10.8.